The molecule has 5 heteroatoms. The van der Waals surface area contributed by atoms with Crippen LogP contribution < -0.4 is 0 Å². The van der Waals surface area contributed by atoms with E-state index in [1.807, 2.05) is 0 Å². The van der Waals surface area contributed by atoms with Gasteiger partial charge in [0.05, 0.1) is 4.92 Å². The standard InChI is InChI=1S/C16H14FNO3/c17-14-10-8-13(9-11-14)16(19)7-3-5-12-4-1-2-6-15(12)18(20)21/h1-2,4,6,8-11H,3,5,7H2. The summed E-state index contributed by atoms with van der Waals surface area (Å²) in [7, 11) is 0. The number of halogens is 1. The zero-order chi connectivity index (χ0) is 15.2. The fourth-order valence-electron chi connectivity index (χ4n) is 2.12. The number of carbonyl (C=O) groups is 1. The third kappa shape index (κ3) is 3.95. The Morgan fingerprint density at radius 1 is 1.10 bits per heavy atom. The van der Waals surface area contributed by atoms with Crippen molar-refractivity contribution in [2.24, 2.45) is 0 Å². The monoisotopic (exact) mass is 287 g/mol. The highest BCUT2D eigenvalue weighted by Gasteiger charge is 2.13. The van der Waals surface area contributed by atoms with Gasteiger partial charge in [0.25, 0.3) is 5.69 Å². The van der Waals surface area contributed by atoms with Gasteiger partial charge in [-0.05, 0) is 37.1 Å². The highest BCUT2D eigenvalue weighted by molar-refractivity contribution is 5.95. The van der Waals surface area contributed by atoms with E-state index in [1.54, 1.807) is 18.2 Å². The summed E-state index contributed by atoms with van der Waals surface area (Å²) in [5.74, 6) is -0.472. The van der Waals surface area contributed by atoms with Gasteiger partial charge in [0.2, 0.25) is 0 Å². The molecule has 0 bridgehead atoms. The third-order valence-corrected chi connectivity index (χ3v) is 3.20. The molecule has 0 atom stereocenters. The van der Waals surface area contributed by atoms with Gasteiger partial charge in [-0.15, -0.1) is 0 Å². The summed E-state index contributed by atoms with van der Waals surface area (Å²) < 4.78 is 12.8. The molecule has 0 heterocycles. The van der Waals surface area contributed by atoms with E-state index in [1.165, 1.54) is 30.3 Å². The van der Waals surface area contributed by atoms with Crippen LogP contribution >= 0.6 is 0 Å². The zero-order valence-corrected chi connectivity index (χ0v) is 11.3. The SMILES string of the molecule is O=C(CCCc1ccccc1[N+](=O)[O-])c1ccc(F)cc1. The number of nitrogens with zero attached hydrogens (tertiary/aromatic N) is 1. The number of carbonyl (C=O) groups excluding carboxylic acids is 1. The zero-order valence-electron chi connectivity index (χ0n) is 11.3. The van der Waals surface area contributed by atoms with Crippen LogP contribution in [0.25, 0.3) is 0 Å². The Morgan fingerprint density at radius 3 is 2.43 bits per heavy atom. The first-order valence-corrected chi connectivity index (χ1v) is 6.59. The van der Waals surface area contributed by atoms with Gasteiger partial charge < -0.3 is 0 Å². The number of nitro groups is 1. The predicted octanol–water partition coefficient (Wildman–Crippen LogP) is 3.94. The Morgan fingerprint density at radius 2 is 1.76 bits per heavy atom. The normalized spacial score (nSPS) is 10.3. The fraction of sp³-hybridized carbons (Fsp3) is 0.188. The molecule has 4 nitrogen and oxygen atoms in total. The Balaban J connectivity index is 1.94. The molecule has 2 rings (SSSR count). The molecular weight excluding hydrogens is 273 g/mol. The van der Waals surface area contributed by atoms with Gasteiger partial charge in [0.15, 0.2) is 5.78 Å². The maximum Gasteiger partial charge on any atom is 0.272 e. The lowest BCUT2D eigenvalue weighted by Gasteiger charge is -2.03. The highest BCUT2D eigenvalue weighted by atomic mass is 19.1. The molecule has 0 spiro atoms. The van der Waals surface area contributed by atoms with Crippen molar-refractivity contribution in [3.63, 3.8) is 0 Å². The summed E-state index contributed by atoms with van der Waals surface area (Å²) in [6, 6.07) is 11.9. The minimum Gasteiger partial charge on any atom is -0.294 e. The second kappa shape index (κ2) is 6.74. The van der Waals surface area contributed by atoms with Crippen LogP contribution in [-0.2, 0) is 6.42 Å². The van der Waals surface area contributed by atoms with Crippen LogP contribution in [0.2, 0.25) is 0 Å². The van der Waals surface area contributed by atoms with Gasteiger partial charge in [-0.3, -0.25) is 14.9 Å². The summed E-state index contributed by atoms with van der Waals surface area (Å²) in [5.41, 5.74) is 1.15. The van der Waals surface area contributed by atoms with E-state index in [-0.39, 0.29) is 23.7 Å². The predicted molar refractivity (Wildman–Crippen MR) is 76.8 cm³/mol. The Hall–Kier alpha value is -2.56. The number of aryl methyl sites for hydroxylation is 1. The summed E-state index contributed by atoms with van der Waals surface area (Å²) in [4.78, 5) is 22.4. The summed E-state index contributed by atoms with van der Waals surface area (Å²) >= 11 is 0. The van der Waals surface area contributed by atoms with Crippen LogP contribution in [0.5, 0.6) is 0 Å². The maximum atomic E-state index is 12.8. The molecule has 0 fully saturated rings. The van der Waals surface area contributed by atoms with E-state index < -0.39 is 4.92 Å². The molecule has 0 radical (unpaired) electrons. The number of ketones is 1. The van der Waals surface area contributed by atoms with E-state index in [0.717, 1.165) is 0 Å². The average molecular weight is 287 g/mol. The van der Waals surface area contributed by atoms with E-state index >= 15 is 0 Å². The van der Waals surface area contributed by atoms with E-state index in [9.17, 15) is 19.3 Å². The van der Waals surface area contributed by atoms with Gasteiger partial charge in [-0.2, -0.15) is 0 Å². The fourth-order valence-corrected chi connectivity index (χ4v) is 2.12. The molecule has 2 aromatic rings. The maximum absolute atomic E-state index is 12.8. The first-order valence-electron chi connectivity index (χ1n) is 6.59. The van der Waals surface area contributed by atoms with Gasteiger partial charge >= 0.3 is 0 Å². The molecule has 0 aliphatic rings. The molecule has 0 unspecified atom stereocenters. The topological polar surface area (TPSA) is 60.2 Å². The van der Waals surface area contributed by atoms with E-state index in [4.69, 9.17) is 0 Å². The molecule has 0 aromatic heterocycles. The summed E-state index contributed by atoms with van der Waals surface area (Å²) in [5, 5.41) is 10.9. The second-order valence-corrected chi connectivity index (χ2v) is 4.67. The average Bonchev–Trinajstić information content (AvgIpc) is 2.48. The third-order valence-electron chi connectivity index (χ3n) is 3.20. The van der Waals surface area contributed by atoms with Gasteiger partial charge in [0, 0.05) is 23.6 Å². The van der Waals surface area contributed by atoms with Gasteiger partial charge in [-0.1, -0.05) is 18.2 Å². The van der Waals surface area contributed by atoms with Crippen molar-refractivity contribution in [3.05, 3.63) is 75.6 Å². The Labute approximate surface area is 121 Å². The van der Waals surface area contributed by atoms with Crippen molar-refractivity contribution in [1.29, 1.82) is 0 Å². The molecule has 0 saturated heterocycles. The van der Waals surface area contributed by atoms with Crippen LogP contribution in [0.3, 0.4) is 0 Å². The van der Waals surface area contributed by atoms with Crippen molar-refractivity contribution < 1.29 is 14.1 Å². The Kier molecular flexibility index (Phi) is 4.77. The molecule has 0 aliphatic heterocycles. The van der Waals surface area contributed by atoms with Crippen molar-refractivity contribution in [1.82, 2.24) is 0 Å². The molecule has 0 saturated carbocycles. The smallest absolute Gasteiger partial charge is 0.272 e. The lowest BCUT2D eigenvalue weighted by atomic mass is 10.0. The highest BCUT2D eigenvalue weighted by Crippen LogP contribution is 2.20. The van der Waals surface area contributed by atoms with Crippen LogP contribution in [0.15, 0.2) is 48.5 Å². The number of hydrogen-bond acceptors (Lipinski definition) is 3. The Bertz CT molecular complexity index is 653. The van der Waals surface area contributed by atoms with E-state index in [0.29, 0.717) is 24.0 Å². The number of nitro benzene ring substituents is 1. The lowest BCUT2D eigenvalue weighted by Crippen LogP contribution is -2.01. The molecule has 21 heavy (non-hydrogen) atoms. The minimum absolute atomic E-state index is 0.0757. The number of hydrogen-bond donors (Lipinski definition) is 0. The number of benzene rings is 2. The number of Topliss-reactive ketones (excluding diaryl/α,β-unsaturated/α-hetero) is 1. The van der Waals surface area contributed by atoms with Crippen molar-refractivity contribution in [2.45, 2.75) is 19.3 Å². The second-order valence-electron chi connectivity index (χ2n) is 4.67. The first kappa shape index (κ1) is 14.8. The first-order chi connectivity index (χ1) is 10.1. The number of para-hydroxylation sites is 1. The summed E-state index contributed by atoms with van der Waals surface area (Å²) in [6.45, 7) is 0. The van der Waals surface area contributed by atoms with Crippen LogP contribution in [0.1, 0.15) is 28.8 Å². The van der Waals surface area contributed by atoms with E-state index in [2.05, 4.69) is 0 Å². The van der Waals surface area contributed by atoms with Crippen molar-refractivity contribution in [3.8, 4) is 0 Å². The molecule has 0 N–H and O–H groups in total. The molecule has 2 aromatic carbocycles. The van der Waals surface area contributed by atoms with Crippen LogP contribution in [-0.4, -0.2) is 10.7 Å². The van der Waals surface area contributed by atoms with Crippen molar-refractivity contribution >= 4 is 11.5 Å². The molecule has 108 valence electrons. The van der Waals surface area contributed by atoms with Gasteiger partial charge in [-0.25, -0.2) is 4.39 Å². The molecule has 0 aliphatic carbocycles. The number of rotatable bonds is 6. The molecule has 0 amide bonds. The van der Waals surface area contributed by atoms with Crippen LogP contribution in [0.4, 0.5) is 10.1 Å². The minimum atomic E-state index is -0.420. The lowest BCUT2D eigenvalue weighted by molar-refractivity contribution is -0.385. The summed E-state index contributed by atoms with van der Waals surface area (Å²) in [6.07, 6.45) is 1.25. The van der Waals surface area contributed by atoms with Crippen LogP contribution in [0, 0.1) is 15.9 Å². The van der Waals surface area contributed by atoms with Crippen molar-refractivity contribution in [2.75, 3.05) is 0 Å². The molecular formula is C16H14FNO3. The largest absolute Gasteiger partial charge is 0.294 e. The quantitative estimate of drug-likeness (QED) is 0.459. The van der Waals surface area contributed by atoms with Gasteiger partial charge in [0.1, 0.15) is 5.82 Å².